The van der Waals surface area contributed by atoms with E-state index in [0.717, 1.165) is 3.57 Å². The van der Waals surface area contributed by atoms with Crippen LogP contribution < -0.4 is 4.74 Å². The minimum atomic E-state index is -4.11. The van der Waals surface area contributed by atoms with Gasteiger partial charge >= 0.3 is 12.3 Å². The summed E-state index contributed by atoms with van der Waals surface area (Å²) in [7, 11) is 0. The molecule has 1 rings (SSSR count). The quantitative estimate of drug-likeness (QED) is 0.604. The van der Waals surface area contributed by atoms with E-state index < -0.39 is 19.0 Å². The van der Waals surface area contributed by atoms with Crippen LogP contribution in [0.25, 0.3) is 0 Å². The zero-order chi connectivity index (χ0) is 11.5. The Hall–Kier alpha value is -0.530. The molecule has 0 heterocycles. The SMILES string of the molecule is FC(F)C(F)(F)COc1ccc(I)cc1. The predicted octanol–water partition coefficient (Wildman–Crippen LogP) is 3.57. The van der Waals surface area contributed by atoms with Gasteiger partial charge in [-0.15, -0.1) is 0 Å². The van der Waals surface area contributed by atoms with Crippen LogP contribution >= 0.6 is 22.6 Å². The largest absolute Gasteiger partial charge is 0.487 e. The van der Waals surface area contributed by atoms with E-state index in [4.69, 9.17) is 0 Å². The van der Waals surface area contributed by atoms with Crippen LogP contribution in [0.15, 0.2) is 24.3 Å². The van der Waals surface area contributed by atoms with Crippen molar-refractivity contribution in [3.8, 4) is 5.75 Å². The van der Waals surface area contributed by atoms with E-state index in [2.05, 4.69) is 4.74 Å². The van der Waals surface area contributed by atoms with Crippen LogP contribution in [-0.2, 0) is 0 Å². The summed E-state index contributed by atoms with van der Waals surface area (Å²) in [5.41, 5.74) is 0. The fourth-order valence-electron chi connectivity index (χ4n) is 0.773. The van der Waals surface area contributed by atoms with Gasteiger partial charge in [0.15, 0.2) is 6.61 Å². The van der Waals surface area contributed by atoms with Crippen molar-refractivity contribution in [2.75, 3.05) is 6.61 Å². The number of benzene rings is 1. The Morgan fingerprint density at radius 1 is 1.20 bits per heavy atom. The molecule has 0 bridgehead atoms. The van der Waals surface area contributed by atoms with E-state index in [1.54, 1.807) is 12.1 Å². The van der Waals surface area contributed by atoms with Gasteiger partial charge in [-0.1, -0.05) is 0 Å². The first kappa shape index (κ1) is 12.5. The molecule has 84 valence electrons. The molecule has 6 heteroatoms. The highest BCUT2D eigenvalue weighted by Gasteiger charge is 2.41. The van der Waals surface area contributed by atoms with E-state index in [9.17, 15) is 17.6 Å². The monoisotopic (exact) mass is 334 g/mol. The van der Waals surface area contributed by atoms with Gasteiger partial charge in [-0.2, -0.15) is 8.78 Å². The van der Waals surface area contributed by atoms with Gasteiger partial charge in [-0.05, 0) is 46.9 Å². The van der Waals surface area contributed by atoms with Gasteiger partial charge in [0, 0.05) is 3.57 Å². The summed E-state index contributed by atoms with van der Waals surface area (Å²) < 4.78 is 53.8. The van der Waals surface area contributed by atoms with Crippen LogP contribution in [0.4, 0.5) is 17.6 Å². The average molecular weight is 334 g/mol. The van der Waals surface area contributed by atoms with E-state index >= 15 is 0 Å². The van der Waals surface area contributed by atoms with Crippen LogP contribution in [0.1, 0.15) is 0 Å². The molecule has 0 amide bonds. The molecular weight excluding hydrogens is 327 g/mol. The first-order valence-electron chi connectivity index (χ1n) is 3.96. The van der Waals surface area contributed by atoms with Crippen LogP contribution in [0.3, 0.4) is 0 Å². The number of halogens is 5. The van der Waals surface area contributed by atoms with E-state index in [0.29, 0.717) is 0 Å². The van der Waals surface area contributed by atoms with Crippen molar-refractivity contribution >= 4 is 22.6 Å². The van der Waals surface area contributed by atoms with Gasteiger partial charge in [0.1, 0.15) is 5.75 Å². The summed E-state index contributed by atoms with van der Waals surface area (Å²) in [5, 5.41) is 0. The number of hydrogen-bond acceptors (Lipinski definition) is 1. The molecular formula is C9H7F4IO. The molecule has 0 aromatic heterocycles. The minimum absolute atomic E-state index is 0.149. The number of ether oxygens (including phenoxy) is 1. The molecule has 0 aliphatic carbocycles. The Labute approximate surface area is 97.6 Å². The first-order chi connectivity index (χ1) is 6.92. The second-order valence-electron chi connectivity index (χ2n) is 2.80. The van der Waals surface area contributed by atoms with Crippen LogP contribution in [0.2, 0.25) is 0 Å². The third-order valence-electron chi connectivity index (χ3n) is 1.56. The number of rotatable bonds is 4. The molecule has 15 heavy (non-hydrogen) atoms. The Bertz CT molecular complexity index is 312. The highest BCUT2D eigenvalue weighted by Crippen LogP contribution is 2.24. The van der Waals surface area contributed by atoms with E-state index in [-0.39, 0.29) is 5.75 Å². The molecule has 1 aromatic rings. The summed E-state index contributed by atoms with van der Waals surface area (Å²) in [6.45, 7) is -1.31. The molecule has 0 saturated carbocycles. The first-order valence-corrected chi connectivity index (χ1v) is 5.04. The summed E-state index contributed by atoms with van der Waals surface area (Å²) in [4.78, 5) is 0. The molecule has 0 fully saturated rings. The van der Waals surface area contributed by atoms with Crippen molar-refractivity contribution in [2.24, 2.45) is 0 Å². The van der Waals surface area contributed by atoms with E-state index in [1.165, 1.54) is 12.1 Å². The zero-order valence-electron chi connectivity index (χ0n) is 7.39. The van der Waals surface area contributed by atoms with Gasteiger partial charge in [0.05, 0.1) is 0 Å². The Morgan fingerprint density at radius 3 is 2.20 bits per heavy atom. The zero-order valence-corrected chi connectivity index (χ0v) is 9.55. The maximum absolute atomic E-state index is 12.4. The van der Waals surface area contributed by atoms with E-state index in [1.807, 2.05) is 22.6 Å². The second kappa shape index (κ2) is 5.00. The lowest BCUT2D eigenvalue weighted by molar-refractivity contribution is -0.148. The Balaban J connectivity index is 2.54. The summed E-state index contributed by atoms with van der Waals surface area (Å²) in [5.74, 6) is -3.96. The normalized spacial score (nSPS) is 11.9. The molecule has 0 saturated heterocycles. The van der Waals surface area contributed by atoms with Gasteiger partial charge in [-0.3, -0.25) is 0 Å². The van der Waals surface area contributed by atoms with Crippen LogP contribution in [-0.4, -0.2) is 19.0 Å². The van der Waals surface area contributed by atoms with Crippen molar-refractivity contribution in [1.82, 2.24) is 0 Å². The van der Waals surface area contributed by atoms with Gasteiger partial charge < -0.3 is 4.74 Å². The topological polar surface area (TPSA) is 9.23 Å². The van der Waals surface area contributed by atoms with Crippen LogP contribution in [0.5, 0.6) is 5.75 Å². The summed E-state index contributed by atoms with van der Waals surface area (Å²) in [6, 6.07) is 6.17. The third kappa shape index (κ3) is 3.84. The molecule has 0 aliphatic rings. The smallest absolute Gasteiger partial charge is 0.340 e. The molecule has 0 aliphatic heterocycles. The van der Waals surface area contributed by atoms with Crippen molar-refractivity contribution in [3.63, 3.8) is 0 Å². The Morgan fingerprint density at radius 2 is 1.73 bits per heavy atom. The summed E-state index contributed by atoms with van der Waals surface area (Å²) >= 11 is 2.03. The Kier molecular flexibility index (Phi) is 4.18. The number of hydrogen-bond donors (Lipinski definition) is 0. The standard InChI is InChI=1S/C9H7F4IO/c10-8(11)9(12,13)5-15-7-3-1-6(14)2-4-7/h1-4,8H,5H2. The molecule has 0 radical (unpaired) electrons. The maximum atomic E-state index is 12.4. The van der Waals surface area contributed by atoms with Gasteiger partial charge in [0.2, 0.25) is 0 Å². The van der Waals surface area contributed by atoms with Gasteiger partial charge in [-0.25, -0.2) is 8.78 Å². The van der Waals surface area contributed by atoms with Gasteiger partial charge in [0.25, 0.3) is 0 Å². The fraction of sp³-hybridized carbons (Fsp3) is 0.333. The second-order valence-corrected chi connectivity index (χ2v) is 4.05. The molecule has 1 aromatic carbocycles. The average Bonchev–Trinajstić information content (AvgIpc) is 2.17. The number of alkyl halides is 4. The fourth-order valence-corrected chi connectivity index (χ4v) is 1.13. The van der Waals surface area contributed by atoms with Crippen molar-refractivity contribution < 1.29 is 22.3 Å². The highest BCUT2D eigenvalue weighted by atomic mass is 127. The lowest BCUT2D eigenvalue weighted by Gasteiger charge is -2.15. The highest BCUT2D eigenvalue weighted by molar-refractivity contribution is 14.1. The molecule has 0 atom stereocenters. The third-order valence-corrected chi connectivity index (χ3v) is 2.28. The molecule has 0 unspecified atom stereocenters. The molecule has 1 nitrogen and oxygen atoms in total. The van der Waals surface area contributed by atoms with Crippen molar-refractivity contribution in [2.45, 2.75) is 12.3 Å². The predicted molar refractivity (Wildman–Crippen MR) is 55.6 cm³/mol. The maximum Gasteiger partial charge on any atom is 0.340 e. The lowest BCUT2D eigenvalue weighted by Crippen LogP contribution is -2.33. The molecule has 0 N–H and O–H groups in total. The van der Waals surface area contributed by atoms with Crippen molar-refractivity contribution in [1.29, 1.82) is 0 Å². The molecule has 0 spiro atoms. The van der Waals surface area contributed by atoms with Crippen molar-refractivity contribution in [3.05, 3.63) is 27.8 Å². The minimum Gasteiger partial charge on any atom is -0.487 e. The lowest BCUT2D eigenvalue weighted by atomic mass is 10.3. The summed E-state index contributed by atoms with van der Waals surface area (Å²) in [6.07, 6.45) is -3.71. The van der Waals surface area contributed by atoms with Crippen LogP contribution in [0, 0.1) is 3.57 Å².